The van der Waals surface area contributed by atoms with E-state index in [1.807, 2.05) is 19.0 Å². The Labute approximate surface area is 130 Å². The maximum absolute atomic E-state index is 11.9. The highest BCUT2D eigenvalue weighted by atomic mass is 16.5. The van der Waals surface area contributed by atoms with Crippen molar-refractivity contribution in [2.45, 2.75) is 6.42 Å². The Morgan fingerprint density at radius 2 is 1.86 bits per heavy atom. The van der Waals surface area contributed by atoms with Crippen LogP contribution < -0.4 is 20.1 Å². The van der Waals surface area contributed by atoms with Crippen LogP contribution in [0.1, 0.15) is 6.42 Å². The van der Waals surface area contributed by atoms with Crippen molar-refractivity contribution in [2.75, 3.05) is 46.7 Å². The summed E-state index contributed by atoms with van der Waals surface area (Å²) >= 11 is 0. The van der Waals surface area contributed by atoms with Gasteiger partial charge in [0.1, 0.15) is 17.9 Å². The zero-order chi connectivity index (χ0) is 16.5. The summed E-state index contributed by atoms with van der Waals surface area (Å²) in [7, 11) is 6.86. The molecule has 0 bridgehead atoms. The van der Waals surface area contributed by atoms with Gasteiger partial charge in [-0.25, -0.2) is 0 Å². The van der Waals surface area contributed by atoms with E-state index in [4.69, 9.17) is 9.47 Å². The lowest BCUT2D eigenvalue weighted by atomic mass is 10.2. The van der Waals surface area contributed by atoms with Crippen molar-refractivity contribution in [2.24, 2.45) is 0 Å². The van der Waals surface area contributed by atoms with Crippen LogP contribution in [0, 0.1) is 0 Å². The molecular formula is C15H23N3O4. The number of methoxy groups -OCH3 is 2. The zero-order valence-corrected chi connectivity index (χ0v) is 13.4. The zero-order valence-electron chi connectivity index (χ0n) is 13.4. The quantitative estimate of drug-likeness (QED) is 0.691. The molecule has 0 unspecified atom stereocenters. The Hall–Kier alpha value is -2.28. The summed E-state index contributed by atoms with van der Waals surface area (Å²) in [6.07, 6.45) is -0.242. The van der Waals surface area contributed by atoms with Gasteiger partial charge in [-0.15, -0.1) is 0 Å². The molecule has 1 rings (SSSR count). The SMILES string of the molecule is COc1ccc(OC)c(NC(=O)CC(=O)NCCN(C)C)c1. The number of benzene rings is 1. The third kappa shape index (κ3) is 6.01. The molecule has 1 aromatic carbocycles. The van der Waals surface area contributed by atoms with Gasteiger partial charge in [-0.05, 0) is 26.2 Å². The summed E-state index contributed by atoms with van der Waals surface area (Å²) in [6.45, 7) is 1.22. The average molecular weight is 309 g/mol. The summed E-state index contributed by atoms with van der Waals surface area (Å²) in [6, 6.07) is 5.05. The molecule has 0 spiro atoms. The van der Waals surface area contributed by atoms with Gasteiger partial charge in [-0.3, -0.25) is 9.59 Å². The molecule has 0 atom stereocenters. The molecule has 0 aliphatic rings. The first-order valence-corrected chi connectivity index (χ1v) is 6.89. The number of hydrogen-bond acceptors (Lipinski definition) is 5. The van der Waals surface area contributed by atoms with Gasteiger partial charge in [0.05, 0.1) is 19.9 Å². The summed E-state index contributed by atoms with van der Waals surface area (Å²) in [5.74, 6) is 0.365. The van der Waals surface area contributed by atoms with E-state index in [0.717, 1.165) is 6.54 Å². The highest BCUT2D eigenvalue weighted by Gasteiger charge is 2.12. The molecule has 0 fully saturated rings. The van der Waals surface area contributed by atoms with E-state index in [0.29, 0.717) is 23.7 Å². The number of ether oxygens (including phenoxy) is 2. The minimum Gasteiger partial charge on any atom is -0.497 e. The molecule has 22 heavy (non-hydrogen) atoms. The third-order valence-corrected chi connectivity index (χ3v) is 2.88. The normalized spacial score (nSPS) is 10.2. The minimum absolute atomic E-state index is 0.242. The van der Waals surface area contributed by atoms with Crippen LogP contribution in [0.5, 0.6) is 11.5 Å². The van der Waals surface area contributed by atoms with E-state index in [1.54, 1.807) is 18.2 Å². The van der Waals surface area contributed by atoms with E-state index < -0.39 is 5.91 Å². The summed E-state index contributed by atoms with van der Waals surface area (Å²) in [5, 5.41) is 5.34. The van der Waals surface area contributed by atoms with Gasteiger partial charge < -0.3 is 25.0 Å². The number of anilines is 1. The molecule has 7 heteroatoms. The van der Waals surface area contributed by atoms with Crippen LogP contribution in [0.15, 0.2) is 18.2 Å². The Kier molecular flexibility index (Phi) is 7.18. The van der Waals surface area contributed by atoms with Crippen molar-refractivity contribution in [3.63, 3.8) is 0 Å². The number of likely N-dealkylation sites (N-methyl/N-ethyl adjacent to an activating group) is 1. The number of hydrogen-bond donors (Lipinski definition) is 2. The standard InChI is InChI=1S/C15H23N3O4/c1-18(2)8-7-16-14(19)10-15(20)17-12-9-11(21-3)5-6-13(12)22-4/h5-6,9H,7-8,10H2,1-4H3,(H,16,19)(H,17,20). The second-order valence-electron chi connectivity index (χ2n) is 4.94. The van der Waals surface area contributed by atoms with E-state index >= 15 is 0 Å². The molecule has 7 nitrogen and oxygen atoms in total. The summed E-state index contributed by atoms with van der Waals surface area (Å²) in [4.78, 5) is 25.5. The highest BCUT2D eigenvalue weighted by Crippen LogP contribution is 2.28. The number of amides is 2. The maximum atomic E-state index is 11.9. The largest absolute Gasteiger partial charge is 0.497 e. The van der Waals surface area contributed by atoms with Gasteiger partial charge in [-0.1, -0.05) is 0 Å². The van der Waals surface area contributed by atoms with Crippen LogP contribution >= 0.6 is 0 Å². The first-order chi connectivity index (χ1) is 10.5. The Morgan fingerprint density at radius 1 is 1.14 bits per heavy atom. The van der Waals surface area contributed by atoms with E-state index in [1.165, 1.54) is 14.2 Å². The molecule has 2 N–H and O–H groups in total. The second kappa shape index (κ2) is 8.89. The van der Waals surface area contributed by atoms with E-state index in [2.05, 4.69) is 10.6 Å². The first-order valence-electron chi connectivity index (χ1n) is 6.89. The minimum atomic E-state index is -0.408. The van der Waals surface area contributed by atoms with Gasteiger partial charge >= 0.3 is 0 Å². The van der Waals surface area contributed by atoms with Crippen molar-refractivity contribution in [1.29, 1.82) is 0 Å². The molecule has 0 heterocycles. The molecule has 0 aliphatic carbocycles. The Morgan fingerprint density at radius 3 is 2.45 bits per heavy atom. The molecule has 0 aliphatic heterocycles. The van der Waals surface area contributed by atoms with Crippen molar-refractivity contribution < 1.29 is 19.1 Å². The molecule has 2 amide bonds. The molecule has 0 saturated carbocycles. The van der Waals surface area contributed by atoms with Crippen molar-refractivity contribution in [3.8, 4) is 11.5 Å². The van der Waals surface area contributed by atoms with E-state index in [9.17, 15) is 9.59 Å². The lowest BCUT2D eigenvalue weighted by Gasteiger charge is -2.12. The van der Waals surface area contributed by atoms with Crippen molar-refractivity contribution in [1.82, 2.24) is 10.2 Å². The molecular weight excluding hydrogens is 286 g/mol. The fraction of sp³-hybridized carbons (Fsp3) is 0.467. The van der Waals surface area contributed by atoms with Gasteiger partial charge in [0.15, 0.2) is 0 Å². The average Bonchev–Trinajstić information content (AvgIpc) is 2.46. The van der Waals surface area contributed by atoms with Gasteiger partial charge in [-0.2, -0.15) is 0 Å². The van der Waals surface area contributed by atoms with Gasteiger partial charge in [0.2, 0.25) is 11.8 Å². The number of rotatable bonds is 8. The molecule has 0 radical (unpaired) electrons. The van der Waals surface area contributed by atoms with Crippen LogP contribution in [0.2, 0.25) is 0 Å². The monoisotopic (exact) mass is 309 g/mol. The van der Waals surface area contributed by atoms with Crippen LogP contribution in [-0.2, 0) is 9.59 Å². The lowest BCUT2D eigenvalue weighted by Crippen LogP contribution is -2.33. The van der Waals surface area contributed by atoms with Crippen LogP contribution in [0.25, 0.3) is 0 Å². The van der Waals surface area contributed by atoms with E-state index in [-0.39, 0.29) is 12.3 Å². The predicted octanol–water partition coefficient (Wildman–Crippen LogP) is 0.710. The molecule has 0 saturated heterocycles. The summed E-state index contributed by atoms with van der Waals surface area (Å²) in [5.41, 5.74) is 0.466. The van der Waals surface area contributed by atoms with Crippen LogP contribution in [0.3, 0.4) is 0 Å². The highest BCUT2D eigenvalue weighted by molar-refractivity contribution is 6.04. The second-order valence-corrected chi connectivity index (χ2v) is 4.94. The van der Waals surface area contributed by atoms with Crippen LogP contribution in [0.4, 0.5) is 5.69 Å². The fourth-order valence-electron chi connectivity index (χ4n) is 1.73. The van der Waals surface area contributed by atoms with Gasteiger partial charge in [0.25, 0.3) is 0 Å². The fourth-order valence-corrected chi connectivity index (χ4v) is 1.73. The number of nitrogens with one attached hydrogen (secondary N) is 2. The molecule has 0 aromatic heterocycles. The number of carbonyl (C=O) groups is 2. The molecule has 122 valence electrons. The smallest absolute Gasteiger partial charge is 0.233 e. The number of carbonyl (C=O) groups excluding carboxylic acids is 2. The number of nitrogens with zero attached hydrogens (tertiary/aromatic N) is 1. The maximum Gasteiger partial charge on any atom is 0.233 e. The molecule has 1 aromatic rings. The predicted molar refractivity (Wildman–Crippen MR) is 84.4 cm³/mol. The first kappa shape index (κ1) is 17.8. The topological polar surface area (TPSA) is 79.9 Å². The van der Waals surface area contributed by atoms with Gasteiger partial charge in [0, 0.05) is 19.2 Å². The third-order valence-electron chi connectivity index (χ3n) is 2.88. The van der Waals surface area contributed by atoms with Crippen molar-refractivity contribution >= 4 is 17.5 Å². The van der Waals surface area contributed by atoms with Crippen LogP contribution in [-0.4, -0.2) is 58.1 Å². The van der Waals surface area contributed by atoms with Crippen molar-refractivity contribution in [3.05, 3.63) is 18.2 Å². The lowest BCUT2D eigenvalue weighted by molar-refractivity contribution is -0.126. The Bertz CT molecular complexity index is 518. The Balaban J connectivity index is 2.55. The summed E-state index contributed by atoms with van der Waals surface area (Å²) < 4.78 is 10.3.